The van der Waals surface area contributed by atoms with Crippen LogP contribution in [0.15, 0.2) is 36.4 Å². The maximum absolute atomic E-state index is 13.9. The summed E-state index contributed by atoms with van der Waals surface area (Å²) in [5.41, 5.74) is 3.53. The Morgan fingerprint density at radius 3 is 2.90 bits per heavy atom. The molecule has 0 aromatic heterocycles. The molecule has 2 aliphatic heterocycles. The first-order chi connectivity index (χ1) is 9.65. The lowest BCUT2D eigenvalue weighted by atomic mass is 10.1. The summed E-state index contributed by atoms with van der Waals surface area (Å²) in [6, 6.07) is 10.8. The fraction of sp³-hybridized carbons (Fsp3) is 0.133. The number of hydrogen-bond acceptors (Lipinski definition) is 2. The summed E-state index contributed by atoms with van der Waals surface area (Å²) >= 11 is 1.93. The van der Waals surface area contributed by atoms with E-state index in [9.17, 15) is 9.18 Å². The molecule has 0 bridgehead atoms. The minimum atomic E-state index is -0.278. The Balaban J connectivity index is 1.96. The highest BCUT2D eigenvalue weighted by atomic mass is 127. The zero-order chi connectivity index (χ0) is 13.9. The number of anilines is 3. The zero-order valence-corrected chi connectivity index (χ0v) is 12.5. The Morgan fingerprint density at radius 2 is 2.05 bits per heavy atom. The van der Waals surface area contributed by atoms with Crippen molar-refractivity contribution in [1.82, 2.24) is 0 Å². The number of para-hydroxylation sites is 1. The van der Waals surface area contributed by atoms with Gasteiger partial charge in [0, 0.05) is 18.2 Å². The van der Waals surface area contributed by atoms with Gasteiger partial charge < -0.3 is 10.2 Å². The van der Waals surface area contributed by atoms with E-state index in [0.29, 0.717) is 15.7 Å². The molecule has 1 unspecified atom stereocenters. The smallest absolute Gasteiger partial charge is 0.247 e. The summed E-state index contributed by atoms with van der Waals surface area (Å²) in [6.45, 7) is 0. The summed E-state index contributed by atoms with van der Waals surface area (Å²) in [7, 11) is 0. The molecule has 2 aliphatic rings. The summed E-state index contributed by atoms with van der Waals surface area (Å²) in [5, 5.41) is 2.88. The van der Waals surface area contributed by atoms with Crippen LogP contribution in [0.2, 0.25) is 0 Å². The van der Waals surface area contributed by atoms with Crippen LogP contribution < -0.4 is 10.2 Å². The number of halogens is 2. The van der Waals surface area contributed by atoms with E-state index in [1.807, 2.05) is 51.8 Å². The molecule has 1 amide bonds. The highest BCUT2D eigenvalue weighted by Crippen LogP contribution is 2.45. The molecular formula is C15H10FIN2O. The van der Waals surface area contributed by atoms with E-state index in [1.54, 1.807) is 6.07 Å². The molecule has 0 saturated heterocycles. The SMILES string of the molecule is O=C1Nc2cc(I)c(F)cc2N2c3ccccc3CC12. The lowest BCUT2D eigenvalue weighted by Crippen LogP contribution is -2.43. The third-order valence-corrected chi connectivity index (χ3v) is 4.66. The van der Waals surface area contributed by atoms with Crippen molar-refractivity contribution < 1.29 is 9.18 Å². The van der Waals surface area contributed by atoms with Gasteiger partial charge in [-0.15, -0.1) is 0 Å². The Bertz CT molecular complexity index is 747. The van der Waals surface area contributed by atoms with Crippen molar-refractivity contribution >= 4 is 45.6 Å². The number of carbonyl (C=O) groups is 1. The number of amides is 1. The number of nitrogens with zero attached hydrogens (tertiary/aromatic N) is 1. The normalized spacial score (nSPS) is 19.2. The van der Waals surface area contributed by atoms with Crippen molar-refractivity contribution in [2.45, 2.75) is 12.5 Å². The first kappa shape index (κ1) is 12.1. The molecule has 1 atom stereocenters. The molecule has 5 heteroatoms. The van der Waals surface area contributed by atoms with Crippen molar-refractivity contribution in [1.29, 1.82) is 0 Å². The predicted molar refractivity (Wildman–Crippen MR) is 83.8 cm³/mol. The lowest BCUT2D eigenvalue weighted by Gasteiger charge is -2.33. The number of rotatable bonds is 0. The summed E-state index contributed by atoms with van der Waals surface area (Å²) in [6.07, 6.45) is 0.662. The number of hydrogen-bond donors (Lipinski definition) is 1. The quantitative estimate of drug-likeness (QED) is 0.711. The molecule has 0 saturated carbocycles. The van der Waals surface area contributed by atoms with Crippen molar-refractivity contribution in [3.05, 3.63) is 51.3 Å². The first-order valence-corrected chi connectivity index (χ1v) is 7.40. The van der Waals surface area contributed by atoms with Gasteiger partial charge in [0.1, 0.15) is 11.9 Å². The second kappa shape index (κ2) is 4.18. The van der Waals surface area contributed by atoms with Crippen LogP contribution >= 0.6 is 22.6 Å². The number of fused-ring (bicyclic) bond motifs is 5. The monoisotopic (exact) mass is 380 g/mol. The van der Waals surface area contributed by atoms with Gasteiger partial charge in [0.2, 0.25) is 5.91 Å². The van der Waals surface area contributed by atoms with Gasteiger partial charge in [0.05, 0.1) is 14.9 Å². The standard InChI is InChI=1S/C15H10FIN2O/c16-9-6-13-11(7-10(9)17)18-15(20)14-5-8-3-1-2-4-12(8)19(13)14/h1-4,6-7,14H,5H2,(H,18,20). The second-order valence-electron chi connectivity index (χ2n) is 4.99. The van der Waals surface area contributed by atoms with Gasteiger partial charge in [-0.25, -0.2) is 4.39 Å². The molecule has 2 aromatic carbocycles. The van der Waals surface area contributed by atoms with Crippen LogP contribution in [0, 0.1) is 9.39 Å². The first-order valence-electron chi connectivity index (χ1n) is 6.32. The van der Waals surface area contributed by atoms with Crippen LogP contribution in [-0.2, 0) is 11.2 Å². The average Bonchev–Trinajstić information content (AvgIpc) is 2.82. The van der Waals surface area contributed by atoms with E-state index >= 15 is 0 Å². The Morgan fingerprint density at radius 1 is 1.25 bits per heavy atom. The van der Waals surface area contributed by atoms with Gasteiger partial charge >= 0.3 is 0 Å². The maximum atomic E-state index is 13.9. The predicted octanol–water partition coefficient (Wildman–Crippen LogP) is 3.45. The van der Waals surface area contributed by atoms with E-state index in [0.717, 1.165) is 16.9 Å². The third kappa shape index (κ3) is 1.59. The van der Waals surface area contributed by atoms with E-state index in [4.69, 9.17) is 0 Å². The molecule has 2 heterocycles. The number of benzene rings is 2. The van der Waals surface area contributed by atoms with Crippen LogP contribution in [0.25, 0.3) is 0 Å². The van der Waals surface area contributed by atoms with Crippen LogP contribution in [0.5, 0.6) is 0 Å². The molecule has 100 valence electrons. The molecule has 0 spiro atoms. The Hall–Kier alpha value is -1.63. The van der Waals surface area contributed by atoms with Crippen LogP contribution in [0.4, 0.5) is 21.5 Å². The fourth-order valence-corrected chi connectivity index (χ4v) is 3.41. The van der Waals surface area contributed by atoms with E-state index in [-0.39, 0.29) is 17.8 Å². The number of carbonyl (C=O) groups excluding carboxylic acids is 1. The molecule has 0 fully saturated rings. The molecule has 2 aromatic rings. The van der Waals surface area contributed by atoms with Gasteiger partial charge in [-0.2, -0.15) is 0 Å². The highest BCUT2D eigenvalue weighted by Gasteiger charge is 2.40. The Kier molecular flexibility index (Phi) is 2.54. The molecular weight excluding hydrogens is 370 g/mol. The minimum Gasteiger partial charge on any atom is -0.327 e. The lowest BCUT2D eigenvalue weighted by molar-refractivity contribution is -0.117. The number of nitrogens with one attached hydrogen (secondary N) is 1. The second-order valence-corrected chi connectivity index (χ2v) is 6.15. The molecule has 1 N–H and O–H groups in total. The van der Waals surface area contributed by atoms with E-state index in [2.05, 4.69) is 5.32 Å². The Labute approximate surface area is 128 Å². The van der Waals surface area contributed by atoms with Gasteiger partial charge in [-0.3, -0.25) is 4.79 Å². The van der Waals surface area contributed by atoms with Gasteiger partial charge in [0.25, 0.3) is 0 Å². The van der Waals surface area contributed by atoms with Gasteiger partial charge in [-0.05, 0) is 40.3 Å². The fourth-order valence-electron chi connectivity index (χ4n) is 2.95. The summed E-state index contributed by atoms with van der Waals surface area (Å²) in [5.74, 6) is -0.292. The molecule has 4 rings (SSSR count). The van der Waals surface area contributed by atoms with Gasteiger partial charge in [-0.1, -0.05) is 18.2 Å². The van der Waals surface area contributed by atoms with Crippen molar-refractivity contribution in [3.8, 4) is 0 Å². The zero-order valence-electron chi connectivity index (χ0n) is 10.4. The van der Waals surface area contributed by atoms with Gasteiger partial charge in [0.15, 0.2) is 0 Å². The minimum absolute atomic E-state index is 0.0314. The van der Waals surface area contributed by atoms with Crippen molar-refractivity contribution in [3.63, 3.8) is 0 Å². The maximum Gasteiger partial charge on any atom is 0.247 e. The van der Waals surface area contributed by atoms with Crippen LogP contribution in [0.1, 0.15) is 5.56 Å². The summed E-state index contributed by atoms with van der Waals surface area (Å²) < 4.78 is 14.4. The molecule has 0 radical (unpaired) electrons. The van der Waals surface area contributed by atoms with Crippen LogP contribution in [0.3, 0.4) is 0 Å². The largest absolute Gasteiger partial charge is 0.327 e. The van der Waals surface area contributed by atoms with Crippen molar-refractivity contribution in [2.24, 2.45) is 0 Å². The van der Waals surface area contributed by atoms with E-state index < -0.39 is 0 Å². The third-order valence-electron chi connectivity index (χ3n) is 3.83. The summed E-state index contributed by atoms with van der Waals surface area (Å²) in [4.78, 5) is 14.2. The highest BCUT2D eigenvalue weighted by molar-refractivity contribution is 14.1. The van der Waals surface area contributed by atoms with Crippen LogP contribution in [-0.4, -0.2) is 11.9 Å². The molecule has 20 heavy (non-hydrogen) atoms. The molecule has 3 nitrogen and oxygen atoms in total. The van der Waals surface area contributed by atoms with E-state index in [1.165, 1.54) is 6.07 Å². The molecule has 0 aliphatic carbocycles. The van der Waals surface area contributed by atoms with Crippen molar-refractivity contribution in [2.75, 3.05) is 10.2 Å². The average molecular weight is 380 g/mol. The topological polar surface area (TPSA) is 32.3 Å².